The molecule has 1 spiro atoms. The molecule has 2 saturated heterocycles. The van der Waals surface area contributed by atoms with Gasteiger partial charge in [-0.1, -0.05) is 12.2 Å². The summed E-state index contributed by atoms with van der Waals surface area (Å²) >= 11 is 0. The van der Waals surface area contributed by atoms with Crippen LogP contribution in [0.2, 0.25) is 0 Å². The van der Waals surface area contributed by atoms with Crippen molar-refractivity contribution in [1.29, 1.82) is 0 Å². The zero-order valence-electron chi connectivity index (χ0n) is 11.5. The van der Waals surface area contributed by atoms with E-state index in [2.05, 4.69) is 0 Å². The molecule has 5 heteroatoms. The summed E-state index contributed by atoms with van der Waals surface area (Å²) in [4.78, 5) is 26.0. The molecule has 0 aromatic carbocycles. The van der Waals surface area contributed by atoms with Crippen LogP contribution in [0.15, 0.2) is 12.2 Å². The fraction of sp³-hybridized carbons (Fsp3) is 0.714. The van der Waals surface area contributed by atoms with E-state index >= 15 is 0 Å². The molecule has 0 aromatic heterocycles. The van der Waals surface area contributed by atoms with Crippen molar-refractivity contribution in [2.75, 3.05) is 6.54 Å². The van der Waals surface area contributed by atoms with Gasteiger partial charge in [-0.15, -0.1) is 0 Å². The van der Waals surface area contributed by atoms with Gasteiger partial charge in [0.15, 0.2) is 5.78 Å². The number of nitrogens with zero attached hydrogens (tertiary/aromatic N) is 1. The van der Waals surface area contributed by atoms with Gasteiger partial charge in [-0.3, -0.25) is 9.69 Å². The van der Waals surface area contributed by atoms with Gasteiger partial charge < -0.3 is 9.47 Å². The van der Waals surface area contributed by atoms with Crippen molar-refractivity contribution in [2.45, 2.75) is 57.0 Å². The highest BCUT2D eigenvalue weighted by atomic mass is 16.6. The smallest absolute Gasteiger partial charge is 0.411 e. The highest BCUT2D eigenvalue weighted by molar-refractivity contribution is 5.91. The van der Waals surface area contributed by atoms with E-state index in [1.165, 1.54) is 4.90 Å². The summed E-state index contributed by atoms with van der Waals surface area (Å²) in [6, 6.07) is -0.516. The van der Waals surface area contributed by atoms with E-state index in [1.54, 1.807) is 0 Å². The Balaban J connectivity index is 1.84. The normalized spacial score (nSPS) is 36.6. The first-order valence-electron chi connectivity index (χ1n) is 6.70. The molecule has 3 rings (SSSR count). The quantitative estimate of drug-likeness (QED) is 0.625. The molecule has 104 valence electrons. The summed E-state index contributed by atoms with van der Waals surface area (Å²) in [5.41, 5.74) is -1.16. The Morgan fingerprint density at radius 1 is 1.53 bits per heavy atom. The molecule has 0 unspecified atom stereocenters. The lowest BCUT2D eigenvalue weighted by atomic mass is 9.90. The lowest BCUT2D eigenvalue weighted by Gasteiger charge is -2.37. The Kier molecular flexibility index (Phi) is 2.55. The average molecular weight is 265 g/mol. The zero-order valence-corrected chi connectivity index (χ0v) is 11.5. The number of rotatable bonds is 0. The number of carbonyl (C=O) groups excluding carboxylic acids is 2. The van der Waals surface area contributed by atoms with Gasteiger partial charge in [-0.2, -0.15) is 0 Å². The van der Waals surface area contributed by atoms with Gasteiger partial charge >= 0.3 is 6.09 Å². The van der Waals surface area contributed by atoms with Crippen molar-refractivity contribution in [1.82, 2.24) is 4.90 Å². The van der Waals surface area contributed by atoms with Crippen molar-refractivity contribution < 1.29 is 19.1 Å². The van der Waals surface area contributed by atoms with E-state index in [0.717, 1.165) is 0 Å². The molecule has 3 aliphatic rings. The fourth-order valence-corrected chi connectivity index (χ4v) is 3.14. The van der Waals surface area contributed by atoms with Crippen molar-refractivity contribution in [3.63, 3.8) is 0 Å². The average Bonchev–Trinajstić information content (AvgIpc) is 2.80. The molecule has 0 radical (unpaired) electrons. The van der Waals surface area contributed by atoms with Gasteiger partial charge in [-0.25, -0.2) is 4.79 Å². The molecule has 19 heavy (non-hydrogen) atoms. The van der Waals surface area contributed by atoms with Crippen molar-refractivity contribution in [3.05, 3.63) is 12.2 Å². The Labute approximate surface area is 112 Å². The first-order valence-corrected chi connectivity index (χ1v) is 6.70. The van der Waals surface area contributed by atoms with Crippen LogP contribution in [-0.4, -0.2) is 46.7 Å². The largest absolute Gasteiger partial charge is 0.444 e. The number of Topliss-reactive ketones (excluding diaryl/α,β-unsaturated/α-hetero) is 1. The molecule has 1 amide bonds. The van der Waals surface area contributed by atoms with Crippen LogP contribution in [0, 0.1) is 0 Å². The molecular formula is C14H19NO4. The van der Waals surface area contributed by atoms with Gasteiger partial charge in [0.05, 0.1) is 6.10 Å². The molecule has 2 bridgehead atoms. The maximum atomic E-state index is 12.2. The zero-order chi connectivity index (χ0) is 13.8. The number of fused-ring (bicyclic) bond motifs is 1. The fourth-order valence-electron chi connectivity index (χ4n) is 3.14. The molecule has 0 aliphatic carbocycles. The van der Waals surface area contributed by atoms with Crippen LogP contribution in [0.1, 0.15) is 33.6 Å². The third-order valence-corrected chi connectivity index (χ3v) is 3.82. The van der Waals surface area contributed by atoms with Gasteiger partial charge in [0.1, 0.15) is 17.2 Å². The second-order valence-corrected chi connectivity index (χ2v) is 6.47. The van der Waals surface area contributed by atoms with Crippen LogP contribution in [0.25, 0.3) is 0 Å². The monoisotopic (exact) mass is 265 g/mol. The van der Waals surface area contributed by atoms with E-state index in [9.17, 15) is 9.59 Å². The Bertz CT molecular complexity index is 465. The molecule has 3 aliphatic heterocycles. The lowest BCUT2D eigenvalue weighted by molar-refractivity contribution is -0.144. The highest BCUT2D eigenvalue weighted by Crippen LogP contribution is 2.44. The van der Waals surface area contributed by atoms with Crippen LogP contribution in [0.3, 0.4) is 0 Å². The summed E-state index contributed by atoms with van der Waals surface area (Å²) in [5.74, 6) is 0.0737. The van der Waals surface area contributed by atoms with Gasteiger partial charge in [-0.05, 0) is 20.8 Å². The standard InChI is InChI=1S/C14H19NO4/c1-13(2,3)19-12(17)15-7-6-14-5-4-9(18-14)8-10(16)11(14)15/h4-5,9,11H,6-8H2,1-3H3/t9-,11-,14-/m0/s1. The number of hydrogen-bond donors (Lipinski definition) is 0. The van der Waals surface area contributed by atoms with Crippen molar-refractivity contribution in [3.8, 4) is 0 Å². The molecule has 3 heterocycles. The number of likely N-dealkylation sites (tertiary alicyclic amines) is 1. The lowest BCUT2D eigenvalue weighted by Crippen LogP contribution is -2.55. The second kappa shape index (κ2) is 3.82. The van der Waals surface area contributed by atoms with Gasteiger partial charge in [0, 0.05) is 19.4 Å². The molecule has 3 atom stereocenters. The predicted octanol–water partition coefficient (Wildman–Crippen LogP) is 1.66. The summed E-state index contributed by atoms with van der Waals surface area (Å²) < 4.78 is 11.3. The molecule has 5 nitrogen and oxygen atoms in total. The first-order chi connectivity index (χ1) is 8.81. The number of carbonyl (C=O) groups is 2. The first kappa shape index (κ1) is 12.7. The Morgan fingerprint density at radius 3 is 2.95 bits per heavy atom. The molecule has 0 saturated carbocycles. The second-order valence-electron chi connectivity index (χ2n) is 6.47. The van der Waals surface area contributed by atoms with Crippen molar-refractivity contribution in [2.24, 2.45) is 0 Å². The molecule has 2 fully saturated rings. The van der Waals surface area contributed by atoms with Crippen LogP contribution in [-0.2, 0) is 14.3 Å². The van der Waals surface area contributed by atoms with Crippen LogP contribution >= 0.6 is 0 Å². The SMILES string of the molecule is CC(C)(C)OC(=O)N1CC[C@@]23C=C[C@@H](CC(=O)[C@H]12)O3. The van der Waals surface area contributed by atoms with E-state index in [-0.39, 0.29) is 11.9 Å². The van der Waals surface area contributed by atoms with Crippen molar-refractivity contribution >= 4 is 11.9 Å². The maximum absolute atomic E-state index is 12.2. The predicted molar refractivity (Wildman–Crippen MR) is 67.7 cm³/mol. The van der Waals surface area contributed by atoms with Gasteiger partial charge in [0.25, 0.3) is 0 Å². The van der Waals surface area contributed by atoms with Crippen LogP contribution < -0.4 is 0 Å². The minimum Gasteiger partial charge on any atom is -0.444 e. The van der Waals surface area contributed by atoms with E-state index < -0.39 is 23.3 Å². The summed E-state index contributed by atoms with van der Waals surface area (Å²) in [6.07, 6.45) is 4.37. The molecular weight excluding hydrogens is 246 g/mol. The minimum absolute atomic E-state index is 0.0737. The number of ether oxygens (including phenoxy) is 2. The third kappa shape index (κ3) is 1.96. The Hall–Kier alpha value is -1.36. The summed E-state index contributed by atoms with van der Waals surface area (Å²) in [6.45, 7) is 5.96. The topological polar surface area (TPSA) is 55.8 Å². The van der Waals surface area contributed by atoms with E-state index in [1.807, 2.05) is 32.9 Å². The number of hydrogen-bond acceptors (Lipinski definition) is 4. The number of ketones is 1. The highest BCUT2D eigenvalue weighted by Gasteiger charge is 2.58. The maximum Gasteiger partial charge on any atom is 0.411 e. The number of amides is 1. The molecule has 0 aromatic rings. The van der Waals surface area contributed by atoms with E-state index in [0.29, 0.717) is 19.4 Å². The third-order valence-electron chi connectivity index (χ3n) is 3.82. The van der Waals surface area contributed by atoms with Gasteiger partial charge in [0.2, 0.25) is 0 Å². The summed E-state index contributed by atoms with van der Waals surface area (Å²) in [7, 11) is 0. The van der Waals surface area contributed by atoms with Crippen LogP contribution in [0.5, 0.6) is 0 Å². The van der Waals surface area contributed by atoms with Crippen LogP contribution in [0.4, 0.5) is 4.79 Å². The Morgan fingerprint density at radius 2 is 2.26 bits per heavy atom. The molecule has 0 N–H and O–H groups in total. The summed E-state index contributed by atoms with van der Waals surface area (Å²) in [5, 5.41) is 0. The minimum atomic E-state index is -0.600. The van der Waals surface area contributed by atoms with E-state index in [4.69, 9.17) is 9.47 Å².